The summed E-state index contributed by atoms with van der Waals surface area (Å²) in [6.45, 7) is 0. The molecule has 0 radical (unpaired) electrons. The lowest BCUT2D eigenvalue weighted by Gasteiger charge is -2.23. The highest BCUT2D eigenvalue weighted by Gasteiger charge is 2.21. The van der Waals surface area contributed by atoms with Gasteiger partial charge in [0.2, 0.25) is 0 Å². The minimum Gasteiger partial charge on any atom is -0.506 e. The summed E-state index contributed by atoms with van der Waals surface area (Å²) < 4.78 is 2.01. The van der Waals surface area contributed by atoms with Gasteiger partial charge in [0, 0.05) is 23.1 Å². The zero-order valence-corrected chi connectivity index (χ0v) is 13.2. The van der Waals surface area contributed by atoms with E-state index in [4.69, 9.17) is 11.6 Å². The summed E-state index contributed by atoms with van der Waals surface area (Å²) in [5.74, 6) is 0.0441. The summed E-state index contributed by atoms with van der Waals surface area (Å²) in [6.07, 6.45) is 5.41. The van der Waals surface area contributed by atoms with Crippen LogP contribution in [0.5, 0.6) is 5.75 Å². The second kappa shape index (κ2) is 5.39. The molecular formula is C18H15ClN2O2. The first-order valence-electron chi connectivity index (χ1n) is 7.67. The van der Waals surface area contributed by atoms with Gasteiger partial charge in [-0.1, -0.05) is 11.6 Å². The van der Waals surface area contributed by atoms with E-state index >= 15 is 0 Å². The number of aromatic nitrogens is 2. The predicted molar refractivity (Wildman–Crippen MR) is 90.7 cm³/mol. The fraction of sp³-hybridized carbons (Fsp3) is 0.222. The van der Waals surface area contributed by atoms with Crippen molar-refractivity contribution >= 4 is 22.6 Å². The molecule has 2 heterocycles. The summed E-state index contributed by atoms with van der Waals surface area (Å²) in [6, 6.07) is 8.68. The maximum atomic E-state index is 12.8. The van der Waals surface area contributed by atoms with Crippen molar-refractivity contribution in [1.29, 1.82) is 0 Å². The Morgan fingerprint density at radius 2 is 2.00 bits per heavy atom. The number of nitrogens with zero attached hydrogens (tertiary/aromatic N) is 2. The van der Waals surface area contributed by atoms with Crippen molar-refractivity contribution in [3.63, 3.8) is 0 Å². The molecule has 0 saturated heterocycles. The zero-order valence-electron chi connectivity index (χ0n) is 12.4. The van der Waals surface area contributed by atoms with E-state index in [1.807, 2.05) is 10.6 Å². The van der Waals surface area contributed by atoms with Crippen molar-refractivity contribution in [2.75, 3.05) is 0 Å². The van der Waals surface area contributed by atoms with Crippen LogP contribution in [0.15, 0.2) is 41.3 Å². The van der Waals surface area contributed by atoms with Crippen LogP contribution in [0.25, 0.3) is 16.7 Å². The van der Waals surface area contributed by atoms with Crippen LogP contribution in [-0.4, -0.2) is 14.7 Å². The van der Waals surface area contributed by atoms with Gasteiger partial charge in [-0.3, -0.25) is 9.36 Å². The molecule has 1 N–H and O–H groups in total. The molecule has 1 aliphatic rings. The lowest BCUT2D eigenvalue weighted by molar-refractivity contribution is 0.475. The van der Waals surface area contributed by atoms with Crippen LogP contribution in [0, 0.1) is 0 Å². The van der Waals surface area contributed by atoms with Crippen molar-refractivity contribution in [2.45, 2.75) is 25.7 Å². The third-order valence-electron chi connectivity index (χ3n) is 4.42. The number of hydrogen-bond acceptors (Lipinski definition) is 3. The molecule has 1 aromatic carbocycles. The van der Waals surface area contributed by atoms with Gasteiger partial charge in [0.15, 0.2) is 5.43 Å². The smallest absolute Gasteiger partial charge is 0.194 e. The maximum absolute atomic E-state index is 12.8. The van der Waals surface area contributed by atoms with Gasteiger partial charge < -0.3 is 5.11 Å². The first-order chi connectivity index (χ1) is 11.2. The van der Waals surface area contributed by atoms with Crippen molar-refractivity contribution in [3.05, 3.63) is 63.0 Å². The molecule has 0 spiro atoms. The average Bonchev–Trinajstić information content (AvgIpc) is 2.58. The van der Waals surface area contributed by atoms with E-state index in [0.29, 0.717) is 11.0 Å². The Kier molecular flexibility index (Phi) is 3.34. The van der Waals surface area contributed by atoms with Gasteiger partial charge >= 0.3 is 0 Å². The highest BCUT2D eigenvalue weighted by molar-refractivity contribution is 6.32. The van der Waals surface area contributed by atoms with E-state index in [2.05, 4.69) is 4.98 Å². The third kappa shape index (κ3) is 2.21. The Bertz CT molecular complexity index is 979. The van der Waals surface area contributed by atoms with E-state index in [1.165, 1.54) is 0 Å². The normalized spacial score (nSPS) is 14.0. The largest absolute Gasteiger partial charge is 0.506 e. The summed E-state index contributed by atoms with van der Waals surface area (Å²) in [7, 11) is 0. The summed E-state index contributed by atoms with van der Waals surface area (Å²) in [4.78, 5) is 17.2. The SMILES string of the molecule is O=c1c2c(n(-c3ccc(O)c(Cl)c3)c3ncccc13)CCCC2. The van der Waals surface area contributed by atoms with E-state index in [-0.39, 0.29) is 16.2 Å². The number of pyridine rings is 2. The number of aromatic hydroxyl groups is 1. The van der Waals surface area contributed by atoms with Gasteiger partial charge in [-0.15, -0.1) is 0 Å². The van der Waals surface area contributed by atoms with Crippen LogP contribution in [0.4, 0.5) is 0 Å². The number of halogens is 1. The van der Waals surface area contributed by atoms with Crippen molar-refractivity contribution < 1.29 is 5.11 Å². The zero-order chi connectivity index (χ0) is 16.0. The van der Waals surface area contributed by atoms with Crippen LogP contribution in [0.3, 0.4) is 0 Å². The fourth-order valence-electron chi connectivity index (χ4n) is 3.34. The molecule has 0 fully saturated rings. The van der Waals surface area contributed by atoms with Crippen molar-refractivity contribution in [2.24, 2.45) is 0 Å². The topological polar surface area (TPSA) is 55.1 Å². The van der Waals surface area contributed by atoms with Crippen LogP contribution >= 0.6 is 11.6 Å². The highest BCUT2D eigenvalue weighted by Crippen LogP contribution is 2.30. The van der Waals surface area contributed by atoms with Gasteiger partial charge in [0.1, 0.15) is 11.4 Å². The van der Waals surface area contributed by atoms with Gasteiger partial charge in [0.05, 0.1) is 10.4 Å². The van der Waals surface area contributed by atoms with Crippen LogP contribution < -0.4 is 5.43 Å². The average molecular weight is 327 g/mol. The number of phenolic OH excluding ortho intramolecular Hbond substituents is 1. The van der Waals surface area contributed by atoms with Crippen LogP contribution in [-0.2, 0) is 12.8 Å². The van der Waals surface area contributed by atoms with E-state index in [9.17, 15) is 9.90 Å². The summed E-state index contributed by atoms with van der Waals surface area (Å²) >= 11 is 6.08. The third-order valence-corrected chi connectivity index (χ3v) is 4.72. The molecule has 0 amide bonds. The van der Waals surface area contributed by atoms with E-state index < -0.39 is 0 Å². The lowest BCUT2D eigenvalue weighted by atomic mass is 9.94. The molecule has 23 heavy (non-hydrogen) atoms. The monoisotopic (exact) mass is 326 g/mol. The molecule has 116 valence electrons. The van der Waals surface area contributed by atoms with Gasteiger partial charge in [-0.25, -0.2) is 4.98 Å². The lowest BCUT2D eigenvalue weighted by Crippen LogP contribution is -2.23. The van der Waals surface area contributed by atoms with Crippen molar-refractivity contribution in [3.8, 4) is 11.4 Å². The number of benzene rings is 1. The Balaban J connectivity index is 2.14. The molecule has 4 rings (SSSR count). The minimum absolute atomic E-state index is 0.0441. The number of fused-ring (bicyclic) bond motifs is 2. The van der Waals surface area contributed by atoms with Gasteiger partial charge in [-0.2, -0.15) is 0 Å². The molecule has 0 saturated carbocycles. The molecule has 2 aromatic heterocycles. The number of phenols is 1. The molecule has 0 unspecified atom stereocenters. The molecular weight excluding hydrogens is 312 g/mol. The van der Waals surface area contributed by atoms with Gasteiger partial charge in [0.25, 0.3) is 0 Å². The van der Waals surface area contributed by atoms with E-state index in [1.54, 1.807) is 30.5 Å². The quantitative estimate of drug-likeness (QED) is 0.743. The number of hydrogen-bond donors (Lipinski definition) is 1. The molecule has 0 atom stereocenters. The number of rotatable bonds is 1. The first kappa shape index (κ1) is 14.3. The van der Waals surface area contributed by atoms with Crippen molar-refractivity contribution in [1.82, 2.24) is 9.55 Å². The van der Waals surface area contributed by atoms with E-state index in [0.717, 1.165) is 42.6 Å². The first-order valence-corrected chi connectivity index (χ1v) is 8.05. The second-order valence-electron chi connectivity index (χ2n) is 5.81. The predicted octanol–water partition coefficient (Wildman–Crippen LogP) is 3.62. The van der Waals surface area contributed by atoms with Gasteiger partial charge in [-0.05, 0) is 56.0 Å². The summed E-state index contributed by atoms with van der Waals surface area (Å²) in [5.41, 5.74) is 3.42. The Labute approximate surface area is 138 Å². The maximum Gasteiger partial charge on any atom is 0.194 e. The molecule has 3 aromatic rings. The van der Waals surface area contributed by atoms with Crippen LogP contribution in [0.2, 0.25) is 5.02 Å². The molecule has 0 bridgehead atoms. The molecule has 0 aliphatic heterocycles. The fourth-order valence-corrected chi connectivity index (χ4v) is 3.51. The summed E-state index contributed by atoms with van der Waals surface area (Å²) in [5, 5.41) is 10.6. The Hall–Kier alpha value is -2.33. The molecule has 4 nitrogen and oxygen atoms in total. The Morgan fingerprint density at radius 3 is 2.83 bits per heavy atom. The van der Waals surface area contributed by atoms with Crippen LogP contribution in [0.1, 0.15) is 24.1 Å². The minimum atomic E-state index is 0.0441. The Morgan fingerprint density at radius 1 is 1.17 bits per heavy atom. The highest BCUT2D eigenvalue weighted by atomic mass is 35.5. The molecule has 1 aliphatic carbocycles. The molecule has 5 heteroatoms. The second-order valence-corrected chi connectivity index (χ2v) is 6.21. The standard InChI is InChI=1S/C18H15ClN2O2/c19-14-10-11(7-8-16(14)22)21-15-6-2-1-4-12(15)17(23)13-5-3-9-20-18(13)21/h3,5,7-10,22H,1-2,4,6H2.